The Labute approximate surface area is 186 Å². The zero-order chi connectivity index (χ0) is 21.6. The number of nitrogens with zero attached hydrogens (tertiary/aromatic N) is 4. The van der Waals surface area contributed by atoms with Gasteiger partial charge in [-0.25, -0.2) is 0 Å². The van der Waals surface area contributed by atoms with Gasteiger partial charge in [-0.1, -0.05) is 42.5 Å². The number of anilines is 2. The van der Waals surface area contributed by atoms with Crippen molar-refractivity contribution >= 4 is 28.6 Å². The summed E-state index contributed by atoms with van der Waals surface area (Å²) in [6.07, 6.45) is 0.973. The SMILES string of the molecule is CCc1ccc(NC(=O)c2nnc(CN3CCN(c4ccccc4OC)CC3)s2)cc1. The van der Waals surface area contributed by atoms with Gasteiger partial charge in [-0.3, -0.25) is 9.69 Å². The second-order valence-corrected chi connectivity index (χ2v) is 8.50. The first kappa shape index (κ1) is 21.3. The van der Waals surface area contributed by atoms with E-state index in [1.54, 1.807) is 7.11 Å². The lowest BCUT2D eigenvalue weighted by Crippen LogP contribution is -2.46. The number of amides is 1. The van der Waals surface area contributed by atoms with Gasteiger partial charge in [0.2, 0.25) is 5.01 Å². The fourth-order valence-electron chi connectivity index (χ4n) is 3.65. The number of benzene rings is 2. The van der Waals surface area contributed by atoms with Gasteiger partial charge in [0.1, 0.15) is 10.8 Å². The molecule has 162 valence electrons. The molecule has 1 aromatic heterocycles. The van der Waals surface area contributed by atoms with E-state index in [-0.39, 0.29) is 5.91 Å². The Morgan fingerprint density at radius 2 is 1.81 bits per heavy atom. The fourth-order valence-corrected chi connectivity index (χ4v) is 4.42. The number of piperazine rings is 1. The van der Waals surface area contributed by atoms with Crippen LogP contribution in [0.15, 0.2) is 48.5 Å². The number of carbonyl (C=O) groups excluding carboxylic acids is 1. The van der Waals surface area contributed by atoms with Crippen molar-refractivity contribution in [3.05, 3.63) is 64.1 Å². The van der Waals surface area contributed by atoms with Crippen LogP contribution in [-0.2, 0) is 13.0 Å². The Hall–Kier alpha value is -2.97. The molecule has 0 saturated carbocycles. The molecule has 8 heteroatoms. The van der Waals surface area contributed by atoms with E-state index in [1.165, 1.54) is 16.9 Å². The van der Waals surface area contributed by atoms with E-state index in [0.29, 0.717) is 11.6 Å². The maximum absolute atomic E-state index is 12.5. The molecule has 31 heavy (non-hydrogen) atoms. The van der Waals surface area contributed by atoms with Gasteiger partial charge in [-0.15, -0.1) is 10.2 Å². The molecular formula is C23H27N5O2S. The molecule has 0 spiro atoms. The van der Waals surface area contributed by atoms with E-state index in [1.807, 2.05) is 42.5 Å². The molecule has 0 radical (unpaired) electrons. The number of rotatable bonds is 7. The summed E-state index contributed by atoms with van der Waals surface area (Å²) in [6.45, 7) is 6.48. The summed E-state index contributed by atoms with van der Waals surface area (Å²) in [5.74, 6) is 0.689. The quantitative estimate of drug-likeness (QED) is 0.608. The number of carbonyl (C=O) groups is 1. The Balaban J connectivity index is 1.30. The second-order valence-electron chi connectivity index (χ2n) is 7.44. The average Bonchev–Trinajstić information content (AvgIpc) is 3.29. The molecule has 0 aliphatic carbocycles. The Morgan fingerprint density at radius 1 is 1.06 bits per heavy atom. The summed E-state index contributed by atoms with van der Waals surface area (Å²) in [5.41, 5.74) is 3.14. The van der Waals surface area contributed by atoms with E-state index in [4.69, 9.17) is 4.74 Å². The summed E-state index contributed by atoms with van der Waals surface area (Å²) in [7, 11) is 1.71. The van der Waals surface area contributed by atoms with Gasteiger partial charge in [-0.2, -0.15) is 0 Å². The lowest BCUT2D eigenvalue weighted by molar-refractivity contribution is 0.102. The van der Waals surface area contributed by atoms with Gasteiger partial charge < -0.3 is 15.0 Å². The molecular weight excluding hydrogens is 410 g/mol. The third-order valence-corrected chi connectivity index (χ3v) is 6.34. The predicted molar refractivity (Wildman–Crippen MR) is 124 cm³/mol. The third kappa shape index (κ3) is 5.21. The van der Waals surface area contributed by atoms with Crippen molar-refractivity contribution in [3.8, 4) is 5.75 Å². The van der Waals surface area contributed by atoms with Gasteiger partial charge in [0, 0.05) is 31.9 Å². The molecule has 0 bridgehead atoms. The molecule has 1 saturated heterocycles. The number of hydrogen-bond acceptors (Lipinski definition) is 7. The van der Waals surface area contributed by atoms with E-state index in [2.05, 4.69) is 38.3 Å². The highest BCUT2D eigenvalue weighted by atomic mass is 32.1. The smallest absolute Gasteiger partial charge is 0.286 e. The van der Waals surface area contributed by atoms with E-state index in [9.17, 15) is 4.79 Å². The van der Waals surface area contributed by atoms with Crippen molar-refractivity contribution < 1.29 is 9.53 Å². The summed E-state index contributed by atoms with van der Waals surface area (Å²) in [6, 6.07) is 16.0. The second kappa shape index (κ2) is 9.89. The molecule has 2 heterocycles. The first-order chi connectivity index (χ1) is 15.2. The molecule has 4 rings (SSSR count). The molecule has 1 aliphatic heterocycles. The lowest BCUT2D eigenvalue weighted by Gasteiger charge is -2.36. The summed E-state index contributed by atoms with van der Waals surface area (Å²) in [5, 5.41) is 12.5. The number of nitrogens with one attached hydrogen (secondary N) is 1. The number of aromatic nitrogens is 2. The van der Waals surface area contributed by atoms with E-state index < -0.39 is 0 Å². The van der Waals surface area contributed by atoms with Crippen molar-refractivity contribution in [1.29, 1.82) is 0 Å². The molecule has 1 amide bonds. The molecule has 1 N–H and O–H groups in total. The summed E-state index contributed by atoms with van der Waals surface area (Å²) in [4.78, 5) is 17.2. The van der Waals surface area contributed by atoms with Crippen LogP contribution in [0.3, 0.4) is 0 Å². The Kier molecular flexibility index (Phi) is 6.79. The highest BCUT2D eigenvalue weighted by molar-refractivity contribution is 7.13. The number of hydrogen-bond donors (Lipinski definition) is 1. The molecule has 1 aliphatic rings. The van der Waals surface area contributed by atoms with Gasteiger partial charge >= 0.3 is 0 Å². The predicted octanol–water partition coefficient (Wildman–Crippen LogP) is 3.68. The minimum Gasteiger partial charge on any atom is -0.495 e. The Bertz CT molecular complexity index is 1010. The highest BCUT2D eigenvalue weighted by Crippen LogP contribution is 2.28. The lowest BCUT2D eigenvalue weighted by atomic mass is 10.1. The van der Waals surface area contributed by atoms with E-state index >= 15 is 0 Å². The van der Waals surface area contributed by atoms with Crippen LogP contribution in [0.4, 0.5) is 11.4 Å². The largest absolute Gasteiger partial charge is 0.495 e. The van der Waals surface area contributed by atoms with Gasteiger partial charge in [0.25, 0.3) is 5.91 Å². The standard InChI is InChI=1S/C23H27N5O2S/c1-3-17-8-10-18(11-9-17)24-22(29)23-26-25-21(31-23)16-27-12-14-28(15-13-27)19-6-4-5-7-20(19)30-2/h4-11H,3,12-16H2,1-2H3,(H,24,29). The first-order valence-corrected chi connectivity index (χ1v) is 11.3. The number of para-hydroxylation sites is 2. The molecule has 0 atom stereocenters. The number of aryl methyl sites for hydroxylation is 1. The zero-order valence-electron chi connectivity index (χ0n) is 17.9. The van der Waals surface area contributed by atoms with Crippen LogP contribution in [0.25, 0.3) is 0 Å². The van der Waals surface area contributed by atoms with Gasteiger partial charge in [0.05, 0.1) is 19.3 Å². The minimum atomic E-state index is -0.214. The Morgan fingerprint density at radius 3 is 2.52 bits per heavy atom. The minimum absolute atomic E-state index is 0.214. The maximum atomic E-state index is 12.5. The summed E-state index contributed by atoms with van der Waals surface area (Å²) < 4.78 is 5.49. The van der Waals surface area contributed by atoms with Crippen molar-refractivity contribution in [1.82, 2.24) is 15.1 Å². The third-order valence-electron chi connectivity index (χ3n) is 5.44. The van der Waals surface area contributed by atoms with Crippen LogP contribution in [0, 0.1) is 0 Å². The van der Waals surface area contributed by atoms with Crippen LogP contribution >= 0.6 is 11.3 Å². The van der Waals surface area contributed by atoms with Crippen LogP contribution < -0.4 is 15.0 Å². The van der Waals surface area contributed by atoms with Crippen LogP contribution in [0.2, 0.25) is 0 Å². The highest BCUT2D eigenvalue weighted by Gasteiger charge is 2.21. The van der Waals surface area contributed by atoms with E-state index in [0.717, 1.165) is 54.7 Å². The molecule has 7 nitrogen and oxygen atoms in total. The number of methoxy groups -OCH3 is 1. The van der Waals surface area contributed by atoms with Crippen molar-refractivity contribution in [2.75, 3.05) is 43.5 Å². The summed E-state index contributed by atoms with van der Waals surface area (Å²) >= 11 is 1.36. The van der Waals surface area contributed by atoms with Crippen molar-refractivity contribution in [2.45, 2.75) is 19.9 Å². The monoisotopic (exact) mass is 437 g/mol. The molecule has 0 unspecified atom stereocenters. The molecule has 3 aromatic rings. The topological polar surface area (TPSA) is 70.6 Å². The zero-order valence-corrected chi connectivity index (χ0v) is 18.7. The van der Waals surface area contributed by atoms with Crippen LogP contribution in [-0.4, -0.2) is 54.3 Å². The normalized spacial score (nSPS) is 14.5. The maximum Gasteiger partial charge on any atom is 0.286 e. The van der Waals surface area contributed by atoms with Crippen molar-refractivity contribution in [3.63, 3.8) is 0 Å². The van der Waals surface area contributed by atoms with Crippen LogP contribution in [0.1, 0.15) is 27.3 Å². The first-order valence-electron chi connectivity index (χ1n) is 10.5. The van der Waals surface area contributed by atoms with Crippen molar-refractivity contribution in [2.24, 2.45) is 0 Å². The van der Waals surface area contributed by atoms with Gasteiger partial charge in [-0.05, 0) is 36.2 Å². The van der Waals surface area contributed by atoms with Crippen LogP contribution in [0.5, 0.6) is 5.75 Å². The molecule has 2 aromatic carbocycles. The fraction of sp³-hybridized carbons (Fsp3) is 0.348. The average molecular weight is 438 g/mol. The molecule has 1 fully saturated rings. The van der Waals surface area contributed by atoms with Gasteiger partial charge in [0.15, 0.2) is 0 Å². The number of ether oxygens (including phenoxy) is 1.